The summed E-state index contributed by atoms with van der Waals surface area (Å²) in [5.74, 6) is 0.115. The van der Waals surface area contributed by atoms with E-state index >= 15 is 0 Å². The number of benzene rings is 2. The number of nitrogens with zero attached hydrogens (tertiary/aromatic N) is 3. The van der Waals surface area contributed by atoms with Crippen LogP contribution in [0.3, 0.4) is 0 Å². The second-order valence-corrected chi connectivity index (χ2v) is 7.22. The van der Waals surface area contributed by atoms with Crippen LogP contribution in [0.1, 0.15) is 23.7 Å². The van der Waals surface area contributed by atoms with Gasteiger partial charge < -0.3 is 14.6 Å². The highest BCUT2D eigenvalue weighted by molar-refractivity contribution is 5.70. The van der Waals surface area contributed by atoms with E-state index in [2.05, 4.69) is 5.10 Å². The molecule has 164 valence electrons. The molecule has 0 aliphatic heterocycles. The zero-order chi connectivity index (χ0) is 22.3. The van der Waals surface area contributed by atoms with E-state index in [4.69, 9.17) is 9.47 Å². The molecular weight excluding hydrogens is 410 g/mol. The lowest BCUT2D eigenvalue weighted by atomic mass is 10.1. The molecular formula is C24H23N3O5. The van der Waals surface area contributed by atoms with Gasteiger partial charge in [-0.15, -0.1) is 5.10 Å². The predicted molar refractivity (Wildman–Crippen MR) is 117 cm³/mol. The minimum absolute atomic E-state index is 0.0123. The summed E-state index contributed by atoms with van der Waals surface area (Å²) >= 11 is 0. The monoisotopic (exact) mass is 433 g/mol. The molecule has 8 nitrogen and oxygen atoms in total. The molecule has 0 amide bonds. The zero-order valence-corrected chi connectivity index (χ0v) is 17.3. The van der Waals surface area contributed by atoms with Crippen molar-refractivity contribution in [2.24, 2.45) is 0 Å². The molecule has 0 aliphatic rings. The van der Waals surface area contributed by atoms with E-state index in [9.17, 15) is 14.7 Å². The van der Waals surface area contributed by atoms with Gasteiger partial charge in [0.25, 0.3) is 0 Å². The molecule has 1 atom stereocenters. The number of aliphatic hydroxyl groups excluding tert-OH is 1. The zero-order valence-electron chi connectivity index (χ0n) is 17.3. The Balaban J connectivity index is 1.24. The van der Waals surface area contributed by atoms with Crippen molar-refractivity contribution in [3.05, 3.63) is 101 Å². The van der Waals surface area contributed by atoms with Crippen molar-refractivity contribution in [1.29, 1.82) is 0 Å². The quantitative estimate of drug-likeness (QED) is 0.408. The number of hydrogen-bond acceptors (Lipinski definition) is 6. The Bertz CT molecular complexity index is 1230. The first-order chi connectivity index (χ1) is 15.6. The van der Waals surface area contributed by atoms with Gasteiger partial charge >= 0.3 is 11.7 Å². The number of carbonyl (C=O) groups excluding carboxylic acids is 1. The number of aromatic nitrogens is 3. The fourth-order valence-electron chi connectivity index (χ4n) is 3.22. The van der Waals surface area contributed by atoms with Gasteiger partial charge in [-0.05, 0) is 35.4 Å². The molecule has 0 spiro atoms. The molecule has 0 saturated heterocycles. The summed E-state index contributed by atoms with van der Waals surface area (Å²) in [7, 11) is 0. The standard InChI is InChI=1S/C24H23N3O5/c28-21(19-9-11-20(12-10-19)32-17-18-6-2-1-3-7-18)16-23(29)31-15-14-27-24(30)26-13-5-4-8-22(26)25-27/h1-13,21,28H,14-17H2. The number of carbonyl (C=O) groups is 1. The Hall–Kier alpha value is -3.91. The summed E-state index contributed by atoms with van der Waals surface area (Å²) in [6.45, 7) is 0.571. The molecule has 1 unspecified atom stereocenters. The van der Waals surface area contributed by atoms with Gasteiger partial charge in [-0.3, -0.25) is 9.20 Å². The maximum absolute atomic E-state index is 12.2. The van der Waals surface area contributed by atoms with Crippen LogP contribution in [-0.2, 0) is 22.7 Å². The van der Waals surface area contributed by atoms with Crippen LogP contribution in [0.5, 0.6) is 5.75 Å². The Morgan fingerprint density at radius 2 is 1.75 bits per heavy atom. The van der Waals surface area contributed by atoms with E-state index in [0.29, 0.717) is 23.6 Å². The first-order valence-corrected chi connectivity index (χ1v) is 10.2. The van der Waals surface area contributed by atoms with Crippen molar-refractivity contribution >= 4 is 11.6 Å². The van der Waals surface area contributed by atoms with Crippen LogP contribution in [-0.4, -0.2) is 31.9 Å². The molecule has 0 aliphatic carbocycles. The van der Waals surface area contributed by atoms with Crippen LogP contribution >= 0.6 is 0 Å². The number of hydrogen-bond donors (Lipinski definition) is 1. The van der Waals surface area contributed by atoms with Crippen LogP contribution in [0.25, 0.3) is 5.65 Å². The topological polar surface area (TPSA) is 95.1 Å². The van der Waals surface area contributed by atoms with E-state index in [1.54, 1.807) is 48.7 Å². The van der Waals surface area contributed by atoms with Crippen molar-refractivity contribution < 1.29 is 19.4 Å². The molecule has 0 fully saturated rings. The van der Waals surface area contributed by atoms with Gasteiger partial charge in [0.1, 0.15) is 19.0 Å². The van der Waals surface area contributed by atoms with Gasteiger partial charge in [0.05, 0.1) is 19.1 Å². The number of fused-ring (bicyclic) bond motifs is 1. The molecule has 0 radical (unpaired) electrons. The normalized spacial score (nSPS) is 11.9. The predicted octanol–water partition coefficient (Wildman–Crippen LogP) is 2.74. The minimum atomic E-state index is -0.997. The average Bonchev–Trinajstić information content (AvgIpc) is 3.14. The van der Waals surface area contributed by atoms with Gasteiger partial charge in [0.15, 0.2) is 5.65 Å². The summed E-state index contributed by atoms with van der Waals surface area (Å²) in [5, 5.41) is 14.5. The second-order valence-electron chi connectivity index (χ2n) is 7.22. The summed E-state index contributed by atoms with van der Waals surface area (Å²) in [4.78, 5) is 24.3. The summed E-state index contributed by atoms with van der Waals surface area (Å²) < 4.78 is 13.6. The van der Waals surface area contributed by atoms with Gasteiger partial charge in [-0.25, -0.2) is 9.48 Å². The van der Waals surface area contributed by atoms with E-state index in [0.717, 1.165) is 5.56 Å². The Kier molecular flexibility index (Phi) is 6.62. The van der Waals surface area contributed by atoms with Crippen LogP contribution in [0, 0.1) is 0 Å². The molecule has 4 aromatic rings. The first kappa shape index (κ1) is 21.3. The van der Waals surface area contributed by atoms with Crippen molar-refractivity contribution in [2.75, 3.05) is 6.61 Å². The summed E-state index contributed by atoms with van der Waals surface area (Å²) in [6.07, 6.45) is 0.440. The van der Waals surface area contributed by atoms with Crippen LogP contribution in [0.15, 0.2) is 83.8 Å². The molecule has 8 heteroatoms. The third kappa shape index (κ3) is 5.22. The number of esters is 1. The molecule has 2 heterocycles. The molecule has 4 rings (SSSR count). The van der Waals surface area contributed by atoms with E-state index < -0.39 is 12.1 Å². The number of rotatable bonds is 9. The summed E-state index contributed by atoms with van der Waals surface area (Å²) in [5.41, 5.74) is 1.87. The lowest BCUT2D eigenvalue weighted by molar-refractivity contribution is -0.146. The number of aliphatic hydroxyl groups is 1. The minimum Gasteiger partial charge on any atom is -0.489 e. The highest BCUT2D eigenvalue weighted by Gasteiger charge is 2.15. The molecule has 2 aromatic carbocycles. The van der Waals surface area contributed by atoms with Gasteiger partial charge in [0.2, 0.25) is 0 Å². The summed E-state index contributed by atoms with van der Waals surface area (Å²) in [6, 6.07) is 22.0. The molecule has 0 bridgehead atoms. The molecule has 1 N–H and O–H groups in total. The van der Waals surface area contributed by atoms with Crippen molar-refractivity contribution in [3.8, 4) is 5.75 Å². The third-order valence-corrected chi connectivity index (χ3v) is 4.93. The highest BCUT2D eigenvalue weighted by Crippen LogP contribution is 2.21. The Morgan fingerprint density at radius 3 is 2.50 bits per heavy atom. The van der Waals surface area contributed by atoms with Gasteiger partial charge in [-0.1, -0.05) is 48.5 Å². The average molecular weight is 433 g/mol. The lowest BCUT2D eigenvalue weighted by Gasteiger charge is -2.12. The fraction of sp³-hybridized carbons (Fsp3) is 0.208. The smallest absolute Gasteiger partial charge is 0.350 e. The molecule has 2 aromatic heterocycles. The Labute approximate surface area is 184 Å². The molecule has 0 saturated carbocycles. The Morgan fingerprint density at radius 1 is 1.00 bits per heavy atom. The van der Waals surface area contributed by atoms with Gasteiger partial charge in [-0.2, -0.15) is 0 Å². The van der Waals surface area contributed by atoms with Crippen LogP contribution in [0.4, 0.5) is 0 Å². The number of ether oxygens (including phenoxy) is 2. The van der Waals surface area contributed by atoms with Crippen molar-refractivity contribution in [2.45, 2.75) is 25.7 Å². The third-order valence-electron chi connectivity index (χ3n) is 4.93. The maximum Gasteiger partial charge on any atom is 0.350 e. The second kappa shape index (κ2) is 9.93. The van der Waals surface area contributed by atoms with E-state index in [1.807, 2.05) is 30.3 Å². The number of pyridine rings is 1. The van der Waals surface area contributed by atoms with Crippen LogP contribution < -0.4 is 10.4 Å². The highest BCUT2D eigenvalue weighted by atomic mass is 16.5. The maximum atomic E-state index is 12.2. The van der Waals surface area contributed by atoms with E-state index in [-0.39, 0.29) is 25.3 Å². The van der Waals surface area contributed by atoms with E-state index in [1.165, 1.54) is 9.08 Å². The van der Waals surface area contributed by atoms with Gasteiger partial charge in [0, 0.05) is 6.20 Å². The van der Waals surface area contributed by atoms with Crippen molar-refractivity contribution in [3.63, 3.8) is 0 Å². The first-order valence-electron chi connectivity index (χ1n) is 10.2. The van der Waals surface area contributed by atoms with Crippen molar-refractivity contribution in [1.82, 2.24) is 14.2 Å². The SMILES string of the molecule is O=C(CC(O)c1ccc(OCc2ccccc2)cc1)OCCn1nc2ccccn2c1=O. The largest absolute Gasteiger partial charge is 0.489 e. The molecule has 32 heavy (non-hydrogen) atoms. The van der Waals surface area contributed by atoms with Crippen LogP contribution in [0.2, 0.25) is 0 Å². The fourth-order valence-corrected chi connectivity index (χ4v) is 3.22. The lowest BCUT2D eigenvalue weighted by Crippen LogP contribution is -2.24.